The van der Waals surface area contributed by atoms with E-state index < -0.39 is 0 Å². The molecule has 0 aromatic heterocycles. The third kappa shape index (κ3) is 3.84. The molecule has 5 nitrogen and oxygen atoms in total. The Bertz CT molecular complexity index is 635. The molecule has 1 aromatic rings. The number of rotatable bonds is 11. The lowest BCUT2D eigenvalue weighted by Gasteiger charge is -2.16. The van der Waals surface area contributed by atoms with Gasteiger partial charge in [0.05, 0.1) is 46.2 Å². The molecular weight excluding hydrogens is 332 g/mol. The zero-order valence-electron chi connectivity index (χ0n) is 16.2. The fourth-order valence-corrected chi connectivity index (χ4v) is 3.84. The monoisotopic (exact) mass is 362 g/mol. The molecule has 1 saturated heterocycles. The third-order valence-corrected chi connectivity index (χ3v) is 5.37. The molecule has 3 unspecified atom stereocenters. The maximum atomic E-state index is 5.91. The largest absolute Gasteiger partial charge is 0.497 e. The van der Waals surface area contributed by atoms with Gasteiger partial charge in [0, 0.05) is 18.4 Å². The van der Waals surface area contributed by atoms with E-state index in [0.29, 0.717) is 12.0 Å². The zero-order chi connectivity index (χ0) is 18.5. The molecule has 0 bridgehead atoms. The van der Waals surface area contributed by atoms with Crippen molar-refractivity contribution in [1.82, 2.24) is 0 Å². The molecular formula is C21H30O5. The molecule has 144 valence electrons. The number of fused-ring (bicyclic) bond motifs is 1. The molecule has 1 heterocycles. The van der Waals surface area contributed by atoms with Gasteiger partial charge in [-0.05, 0) is 30.9 Å². The summed E-state index contributed by atoms with van der Waals surface area (Å²) in [5.41, 5.74) is 2.22. The number of benzene rings is 1. The molecule has 1 aliphatic carbocycles. The lowest BCUT2D eigenvalue weighted by atomic mass is 9.95. The average molecular weight is 362 g/mol. The van der Waals surface area contributed by atoms with Crippen molar-refractivity contribution in [3.05, 3.63) is 35.1 Å². The van der Waals surface area contributed by atoms with Crippen LogP contribution in [0.1, 0.15) is 43.2 Å². The average Bonchev–Trinajstić information content (AvgIpc) is 3.46. The van der Waals surface area contributed by atoms with Gasteiger partial charge in [-0.3, -0.25) is 0 Å². The van der Waals surface area contributed by atoms with Crippen molar-refractivity contribution < 1.29 is 23.7 Å². The first-order valence-electron chi connectivity index (χ1n) is 9.43. The number of epoxide rings is 1. The highest BCUT2D eigenvalue weighted by molar-refractivity contribution is 5.77. The molecule has 1 fully saturated rings. The molecule has 5 heteroatoms. The number of hydrogen-bond acceptors (Lipinski definition) is 5. The van der Waals surface area contributed by atoms with Crippen molar-refractivity contribution in [1.29, 1.82) is 0 Å². The first kappa shape index (κ1) is 19.1. The summed E-state index contributed by atoms with van der Waals surface area (Å²) in [7, 11) is 5.07. The van der Waals surface area contributed by atoms with Gasteiger partial charge < -0.3 is 23.7 Å². The van der Waals surface area contributed by atoms with Crippen molar-refractivity contribution in [2.24, 2.45) is 5.92 Å². The van der Waals surface area contributed by atoms with E-state index in [4.69, 9.17) is 23.7 Å². The van der Waals surface area contributed by atoms with Crippen LogP contribution in [0.25, 0.3) is 5.76 Å². The van der Waals surface area contributed by atoms with Gasteiger partial charge in [-0.1, -0.05) is 19.1 Å². The smallest absolute Gasteiger partial charge is 0.168 e. The van der Waals surface area contributed by atoms with Crippen LogP contribution in [0.4, 0.5) is 0 Å². The second-order valence-electron chi connectivity index (χ2n) is 6.84. The SMILES string of the molecule is CCC(COCCCC1C(OC)=C(OC)c2c(OC)cccc21)C1CO1. The number of hydrogen-bond donors (Lipinski definition) is 0. The molecule has 3 atom stereocenters. The molecule has 0 spiro atoms. The van der Waals surface area contributed by atoms with E-state index in [-0.39, 0.29) is 5.92 Å². The quantitative estimate of drug-likeness (QED) is 0.440. The van der Waals surface area contributed by atoms with E-state index in [1.165, 1.54) is 5.56 Å². The highest BCUT2D eigenvalue weighted by Gasteiger charge is 2.35. The first-order chi connectivity index (χ1) is 12.7. The second-order valence-corrected chi connectivity index (χ2v) is 6.84. The Balaban J connectivity index is 1.61. The normalized spacial score (nSPS) is 22.2. The third-order valence-electron chi connectivity index (χ3n) is 5.37. The van der Waals surface area contributed by atoms with Crippen LogP contribution in [0.2, 0.25) is 0 Å². The van der Waals surface area contributed by atoms with E-state index in [0.717, 1.165) is 61.9 Å². The van der Waals surface area contributed by atoms with Crippen LogP contribution in [0.3, 0.4) is 0 Å². The molecule has 26 heavy (non-hydrogen) atoms. The van der Waals surface area contributed by atoms with Crippen LogP contribution in [0.15, 0.2) is 24.0 Å². The Morgan fingerprint density at radius 2 is 1.96 bits per heavy atom. The predicted octanol–water partition coefficient (Wildman–Crippen LogP) is 3.98. The van der Waals surface area contributed by atoms with E-state index in [2.05, 4.69) is 13.0 Å². The van der Waals surface area contributed by atoms with Crippen LogP contribution in [-0.2, 0) is 18.9 Å². The highest BCUT2D eigenvalue weighted by atomic mass is 16.6. The summed E-state index contributed by atoms with van der Waals surface area (Å²) in [5.74, 6) is 3.19. The second kappa shape index (κ2) is 8.78. The van der Waals surface area contributed by atoms with Crippen molar-refractivity contribution in [2.45, 2.75) is 38.2 Å². The van der Waals surface area contributed by atoms with Crippen molar-refractivity contribution in [3.63, 3.8) is 0 Å². The first-order valence-corrected chi connectivity index (χ1v) is 9.43. The van der Waals surface area contributed by atoms with Crippen LogP contribution in [0, 0.1) is 5.92 Å². The minimum absolute atomic E-state index is 0.178. The zero-order valence-corrected chi connectivity index (χ0v) is 16.2. The lowest BCUT2D eigenvalue weighted by molar-refractivity contribution is 0.0826. The number of allylic oxidation sites excluding steroid dienone is 1. The Morgan fingerprint density at radius 1 is 1.15 bits per heavy atom. The molecule has 0 saturated carbocycles. The maximum absolute atomic E-state index is 5.91. The summed E-state index contributed by atoms with van der Waals surface area (Å²) < 4.78 is 28.2. The van der Waals surface area contributed by atoms with Crippen molar-refractivity contribution in [3.8, 4) is 5.75 Å². The minimum atomic E-state index is 0.178. The van der Waals surface area contributed by atoms with Gasteiger partial charge >= 0.3 is 0 Å². The standard InChI is InChI=1S/C21H30O5/c1-5-14(18-13-26-18)12-25-11-7-9-16-15-8-6-10-17(22-2)19(15)21(24-4)20(16)23-3/h6,8,10,14,16,18H,5,7,9,11-13H2,1-4H3. The van der Waals surface area contributed by atoms with Gasteiger partial charge in [0.2, 0.25) is 0 Å². The van der Waals surface area contributed by atoms with E-state index in [1.54, 1.807) is 21.3 Å². The Morgan fingerprint density at radius 3 is 2.58 bits per heavy atom. The predicted molar refractivity (Wildman–Crippen MR) is 100 cm³/mol. The molecule has 1 aromatic carbocycles. The van der Waals surface area contributed by atoms with Gasteiger partial charge in [0.1, 0.15) is 11.5 Å². The van der Waals surface area contributed by atoms with Gasteiger partial charge in [-0.2, -0.15) is 0 Å². The lowest BCUT2D eigenvalue weighted by Crippen LogP contribution is -2.15. The Kier molecular flexibility index (Phi) is 6.43. The Hall–Kier alpha value is -1.72. The van der Waals surface area contributed by atoms with Gasteiger partial charge in [-0.25, -0.2) is 0 Å². The number of ether oxygens (including phenoxy) is 5. The molecule has 0 N–H and O–H groups in total. The summed E-state index contributed by atoms with van der Waals surface area (Å²) in [6, 6.07) is 6.11. The van der Waals surface area contributed by atoms with Crippen LogP contribution >= 0.6 is 0 Å². The summed E-state index contributed by atoms with van der Waals surface area (Å²) in [4.78, 5) is 0. The molecule has 2 aliphatic rings. The van der Waals surface area contributed by atoms with Crippen molar-refractivity contribution in [2.75, 3.05) is 41.2 Å². The van der Waals surface area contributed by atoms with E-state index in [1.807, 2.05) is 12.1 Å². The van der Waals surface area contributed by atoms with Crippen LogP contribution < -0.4 is 4.74 Å². The van der Waals surface area contributed by atoms with E-state index >= 15 is 0 Å². The Labute approximate surface area is 156 Å². The summed E-state index contributed by atoms with van der Waals surface area (Å²) >= 11 is 0. The molecule has 3 rings (SSSR count). The fraction of sp³-hybridized carbons (Fsp3) is 0.619. The van der Waals surface area contributed by atoms with Gasteiger partial charge in [0.25, 0.3) is 0 Å². The number of methoxy groups -OCH3 is 3. The van der Waals surface area contributed by atoms with Crippen LogP contribution in [0.5, 0.6) is 5.75 Å². The maximum Gasteiger partial charge on any atom is 0.168 e. The molecule has 0 radical (unpaired) electrons. The summed E-state index contributed by atoms with van der Waals surface area (Å²) in [6.45, 7) is 4.62. The van der Waals surface area contributed by atoms with Crippen molar-refractivity contribution >= 4 is 5.76 Å². The van der Waals surface area contributed by atoms with Crippen LogP contribution in [-0.4, -0.2) is 47.3 Å². The highest BCUT2D eigenvalue weighted by Crippen LogP contribution is 2.48. The fourth-order valence-electron chi connectivity index (χ4n) is 3.84. The molecule has 1 aliphatic heterocycles. The van der Waals surface area contributed by atoms with Gasteiger partial charge in [-0.15, -0.1) is 0 Å². The van der Waals surface area contributed by atoms with Gasteiger partial charge in [0.15, 0.2) is 5.76 Å². The van der Waals surface area contributed by atoms with E-state index in [9.17, 15) is 0 Å². The molecule has 0 amide bonds. The summed E-state index contributed by atoms with van der Waals surface area (Å²) in [5, 5.41) is 0. The minimum Gasteiger partial charge on any atom is -0.497 e. The summed E-state index contributed by atoms with van der Waals surface area (Å²) in [6.07, 6.45) is 3.44. The topological polar surface area (TPSA) is 49.5 Å².